The molecule has 1 aliphatic heterocycles. The van der Waals surface area contributed by atoms with Crippen molar-refractivity contribution in [3.63, 3.8) is 0 Å². The molecule has 0 aliphatic carbocycles. The molecule has 2 heterocycles. The van der Waals surface area contributed by atoms with Gasteiger partial charge in [-0.15, -0.1) is 8.78 Å². The molecule has 0 radical (unpaired) electrons. The van der Waals surface area contributed by atoms with Gasteiger partial charge >= 0.3 is 6.29 Å². The average Bonchev–Trinajstić information content (AvgIpc) is 3.56. The quantitative estimate of drug-likeness (QED) is 0.145. The van der Waals surface area contributed by atoms with Crippen molar-refractivity contribution in [2.45, 2.75) is 52.2 Å². The number of methoxy groups -OCH3 is 1. The van der Waals surface area contributed by atoms with E-state index in [0.717, 1.165) is 64.6 Å². The summed E-state index contributed by atoms with van der Waals surface area (Å²) >= 11 is 0. The van der Waals surface area contributed by atoms with Crippen molar-refractivity contribution < 1.29 is 23.0 Å². The van der Waals surface area contributed by atoms with Crippen molar-refractivity contribution >= 4 is 0 Å². The summed E-state index contributed by atoms with van der Waals surface area (Å²) in [5.74, 6) is 1.80. The molecule has 5 aromatic rings. The Labute approximate surface area is 256 Å². The second kappa shape index (κ2) is 12.9. The molecule has 6 nitrogen and oxygen atoms in total. The SMILES string of the molecule is CCCCn1c(-c2ccccc2)nc(-c2ccccc2)c1CN(Cc1ccc(OC)cc1)Cc1ccc2c(c1)OC(F)(F)O2. The van der Waals surface area contributed by atoms with E-state index in [0.29, 0.717) is 19.6 Å². The minimum atomic E-state index is -3.66. The number of hydrogen-bond donors (Lipinski definition) is 0. The molecule has 0 saturated heterocycles. The molecule has 0 atom stereocenters. The van der Waals surface area contributed by atoms with Crippen molar-refractivity contribution in [3.8, 4) is 39.9 Å². The van der Waals surface area contributed by atoms with E-state index >= 15 is 0 Å². The van der Waals surface area contributed by atoms with Crippen LogP contribution in [0.2, 0.25) is 0 Å². The zero-order chi connectivity index (χ0) is 30.5. The van der Waals surface area contributed by atoms with Gasteiger partial charge in [0.1, 0.15) is 11.6 Å². The number of halogens is 2. The molecule has 0 bridgehead atoms. The normalized spacial score (nSPS) is 13.4. The Morgan fingerprint density at radius 2 is 1.41 bits per heavy atom. The summed E-state index contributed by atoms with van der Waals surface area (Å²) in [6.07, 6.45) is -1.61. The molecule has 0 N–H and O–H groups in total. The first-order chi connectivity index (χ1) is 21.4. The largest absolute Gasteiger partial charge is 0.586 e. The van der Waals surface area contributed by atoms with Crippen LogP contribution in [-0.2, 0) is 26.2 Å². The van der Waals surface area contributed by atoms with Crippen molar-refractivity contribution in [2.75, 3.05) is 7.11 Å². The smallest absolute Gasteiger partial charge is 0.497 e. The molecule has 0 saturated carbocycles. The topological polar surface area (TPSA) is 48.8 Å². The Bertz CT molecular complexity index is 1690. The Morgan fingerprint density at radius 3 is 2.09 bits per heavy atom. The van der Waals surface area contributed by atoms with Crippen LogP contribution in [0.3, 0.4) is 0 Å². The maximum atomic E-state index is 13.8. The van der Waals surface area contributed by atoms with Gasteiger partial charge < -0.3 is 18.8 Å². The number of fused-ring (bicyclic) bond motifs is 1. The number of benzene rings is 4. The van der Waals surface area contributed by atoms with Gasteiger partial charge in [-0.2, -0.15) is 0 Å². The first kappa shape index (κ1) is 29.4. The van der Waals surface area contributed by atoms with Gasteiger partial charge in [0, 0.05) is 37.3 Å². The molecule has 0 spiro atoms. The monoisotopic (exact) mass is 595 g/mol. The minimum absolute atomic E-state index is 0.0389. The predicted octanol–water partition coefficient (Wildman–Crippen LogP) is 8.55. The van der Waals surface area contributed by atoms with E-state index in [1.165, 1.54) is 0 Å². The number of rotatable bonds is 12. The Kier molecular flexibility index (Phi) is 8.61. The van der Waals surface area contributed by atoms with E-state index in [1.807, 2.05) is 66.7 Å². The highest BCUT2D eigenvalue weighted by atomic mass is 19.3. The van der Waals surface area contributed by atoms with Crippen LogP contribution < -0.4 is 14.2 Å². The van der Waals surface area contributed by atoms with Crippen LogP contribution in [-0.4, -0.2) is 27.9 Å². The predicted molar refractivity (Wildman–Crippen MR) is 167 cm³/mol. The summed E-state index contributed by atoms with van der Waals surface area (Å²) in [7, 11) is 1.65. The van der Waals surface area contributed by atoms with Gasteiger partial charge in [-0.25, -0.2) is 4.98 Å². The van der Waals surface area contributed by atoms with Gasteiger partial charge in [-0.1, -0.05) is 92.2 Å². The molecule has 1 aliphatic rings. The van der Waals surface area contributed by atoms with Gasteiger partial charge in [0.15, 0.2) is 11.5 Å². The summed E-state index contributed by atoms with van der Waals surface area (Å²) in [6, 6.07) is 33.5. The van der Waals surface area contributed by atoms with E-state index < -0.39 is 6.29 Å². The number of aromatic nitrogens is 2. The molecule has 0 unspecified atom stereocenters. The number of imidazole rings is 1. The number of alkyl halides is 2. The molecule has 6 rings (SSSR count). The third kappa shape index (κ3) is 6.60. The fraction of sp³-hybridized carbons (Fsp3) is 0.250. The first-order valence-corrected chi connectivity index (χ1v) is 14.9. The van der Waals surface area contributed by atoms with E-state index in [9.17, 15) is 8.78 Å². The molecular weight excluding hydrogens is 560 g/mol. The van der Waals surface area contributed by atoms with Crippen LogP contribution in [0.1, 0.15) is 36.6 Å². The fourth-order valence-corrected chi connectivity index (χ4v) is 5.56. The third-order valence-electron chi connectivity index (χ3n) is 7.70. The molecule has 4 aromatic carbocycles. The maximum Gasteiger partial charge on any atom is 0.586 e. The Balaban J connectivity index is 1.42. The lowest BCUT2D eigenvalue weighted by atomic mass is 10.1. The van der Waals surface area contributed by atoms with Gasteiger partial charge in [0.2, 0.25) is 0 Å². The minimum Gasteiger partial charge on any atom is -0.497 e. The molecular formula is C36H35F2N3O3. The van der Waals surface area contributed by atoms with E-state index in [1.54, 1.807) is 19.2 Å². The highest BCUT2D eigenvalue weighted by molar-refractivity contribution is 5.68. The van der Waals surface area contributed by atoms with E-state index in [-0.39, 0.29) is 11.5 Å². The van der Waals surface area contributed by atoms with Crippen LogP contribution in [0.15, 0.2) is 103 Å². The molecule has 8 heteroatoms. The highest BCUT2D eigenvalue weighted by Crippen LogP contribution is 2.41. The summed E-state index contributed by atoms with van der Waals surface area (Å²) < 4.78 is 44.7. The Morgan fingerprint density at radius 1 is 0.773 bits per heavy atom. The van der Waals surface area contributed by atoms with Crippen molar-refractivity contribution in [2.24, 2.45) is 0 Å². The molecule has 0 amide bonds. The molecule has 1 aromatic heterocycles. The fourth-order valence-electron chi connectivity index (χ4n) is 5.56. The van der Waals surface area contributed by atoms with Crippen LogP contribution >= 0.6 is 0 Å². The van der Waals surface area contributed by atoms with E-state index in [2.05, 4.69) is 45.4 Å². The lowest BCUT2D eigenvalue weighted by molar-refractivity contribution is -0.286. The molecule has 44 heavy (non-hydrogen) atoms. The summed E-state index contributed by atoms with van der Waals surface area (Å²) in [5.41, 5.74) is 6.08. The lowest BCUT2D eigenvalue weighted by Gasteiger charge is -2.25. The highest BCUT2D eigenvalue weighted by Gasteiger charge is 2.43. The third-order valence-corrected chi connectivity index (χ3v) is 7.70. The average molecular weight is 596 g/mol. The summed E-state index contributed by atoms with van der Waals surface area (Å²) in [4.78, 5) is 7.56. The zero-order valence-electron chi connectivity index (χ0n) is 24.9. The second-order valence-corrected chi connectivity index (χ2v) is 10.9. The van der Waals surface area contributed by atoms with E-state index in [4.69, 9.17) is 14.5 Å². The van der Waals surface area contributed by atoms with Crippen LogP contribution in [0, 0.1) is 0 Å². The van der Waals surface area contributed by atoms with Crippen molar-refractivity contribution in [3.05, 3.63) is 120 Å². The second-order valence-electron chi connectivity index (χ2n) is 10.9. The van der Waals surface area contributed by atoms with Crippen molar-refractivity contribution in [1.29, 1.82) is 0 Å². The van der Waals surface area contributed by atoms with Gasteiger partial charge in [-0.05, 0) is 41.8 Å². The van der Waals surface area contributed by atoms with Crippen LogP contribution in [0.4, 0.5) is 8.78 Å². The number of hydrogen-bond acceptors (Lipinski definition) is 5. The maximum absolute atomic E-state index is 13.8. The number of nitrogens with zero attached hydrogens (tertiary/aromatic N) is 3. The standard InChI is InChI=1S/C36H35F2N3O3/c1-3-4-21-41-31(34(28-11-7-5-8-12-28)39-35(41)29-13-9-6-10-14-29)25-40(23-26-15-18-30(42-2)19-16-26)24-27-17-20-32-33(22-27)44-36(37,38)43-32/h5-20,22H,3-4,21,23-25H2,1-2H3. The number of unbranched alkanes of at least 4 members (excludes halogenated alkanes) is 1. The summed E-state index contributed by atoms with van der Waals surface area (Å²) in [6.45, 7) is 4.69. The van der Waals surface area contributed by atoms with Gasteiger partial charge in [-0.3, -0.25) is 4.90 Å². The Hall–Kier alpha value is -4.69. The summed E-state index contributed by atoms with van der Waals surface area (Å²) in [5, 5.41) is 0. The molecule has 226 valence electrons. The van der Waals surface area contributed by atoms with Gasteiger partial charge in [0.05, 0.1) is 18.5 Å². The van der Waals surface area contributed by atoms with Crippen LogP contribution in [0.5, 0.6) is 17.2 Å². The number of ether oxygens (including phenoxy) is 3. The first-order valence-electron chi connectivity index (χ1n) is 14.9. The van der Waals surface area contributed by atoms with Crippen molar-refractivity contribution in [1.82, 2.24) is 14.5 Å². The van der Waals surface area contributed by atoms with Gasteiger partial charge in [0.25, 0.3) is 0 Å². The molecule has 0 fully saturated rings. The van der Waals surface area contributed by atoms with Crippen LogP contribution in [0.25, 0.3) is 22.6 Å². The lowest BCUT2D eigenvalue weighted by Crippen LogP contribution is -2.26. The zero-order valence-corrected chi connectivity index (χ0v) is 24.9.